The zero-order valence-corrected chi connectivity index (χ0v) is 13.8. The van der Waals surface area contributed by atoms with Gasteiger partial charge in [-0.05, 0) is 31.9 Å². The fourth-order valence-corrected chi connectivity index (χ4v) is 3.82. The Morgan fingerprint density at radius 1 is 1.50 bits per heavy atom. The van der Waals surface area contributed by atoms with Crippen molar-refractivity contribution < 1.29 is 9.53 Å². The molecule has 0 bridgehead atoms. The molecule has 0 saturated carbocycles. The van der Waals surface area contributed by atoms with Gasteiger partial charge in [-0.25, -0.2) is 9.78 Å². The van der Waals surface area contributed by atoms with E-state index >= 15 is 0 Å². The quantitative estimate of drug-likeness (QED) is 0.870. The molecule has 0 N–H and O–H groups in total. The summed E-state index contributed by atoms with van der Waals surface area (Å²) in [5.41, 5.74) is 1.03. The number of anilines is 1. The monoisotopic (exact) mass is 319 g/mol. The standard InChI is InChI=1S/C16H21N3O2S/c1-3-21-16(20)19-10-6-7-12(11-19)18(2)15-17-13-8-4-5-9-14(13)22-15/h4-5,8-9,12H,3,6-7,10-11H2,1-2H3. The molecule has 0 radical (unpaired) electrons. The highest BCUT2D eigenvalue weighted by atomic mass is 32.1. The van der Waals surface area contributed by atoms with Crippen LogP contribution in [-0.4, -0.2) is 48.8 Å². The van der Waals surface area contributed by atoms with Crippen LogP contribution < -0.4 is 4.90 Å². The molecule has 5 nitrogen and oxygen atoms in total. The van der Waals surface area contributed by atoms with Crippen molar-refractivity contribution in [1.29, 1.82) is 0 Å². The molecule has 1 aliphatic rings. The molecule has 0 spiro atoms. The lowest BCUT2D eigenvalue weighted by Crippen LogP contribution is -2.48. The number of thiazole rings is 1. The van der Waals surface area contributed by atoms with Crippen LogP contribution in [0.4, 0.5) is 9.93 Å². The summed E-state index contributed by atoms with van der Waals surface area (Å²) in [5.74, 6) is 0. The third-order valence-corrected chi connectivity index (χ3v) is 5.18. The van der Waals surface area contributed by atoms with Crippen molar-refractivity contribution in [2.75, 3.05) is 31.6 Å². The van der Waals surface area contributed by atoms with Crippen LogP contribution in [0.15, 0.2) is 24.3 Å². The third kappa shape index (κ3) is 3.02. The van der Waals surface area contributed by atoms with Crippen molar-refractivity contribution in [3.8, 4) is 0 Å². The van der Waals surface area contributed by atoms with Gasteiger partial charge in [0.05, 0.1) is 16.8 Å². The fraction of sp³-hybridized carbons (Fsp3) is 0.500. The molecule has 1 unspecified atom stereocenters. The number of likely N-dealkylation sites (tertiary alicyclic amines) is 1. The second-order valence-electron chi connectivity index (χ2n) is 5.52. The number of ether oxygens (including phenoxy) is 1. The van der Waals surface area contributed by atoms with Crippen LogP contribution in [-0.2, 0) is 4.74 Å². The van der Waals surface area contributed by atoms with Gasteiger partial charge >= 0.3 is 6.09 Å². The molecule has 1 atom stereocenters. The van der Waals surface area contributed by atoms with Gasteiger partial charge in [0.1, 0.15) is 0 Å². The first-order chi connectivity index (χ1) is 10.7. The van der Waals surface area contributed by atoms with Crippen molar-refractivity contribution in [2.24, 2.45) is 0 Å². The smallest absolute Gasteiger partial charge is 0.409 e. The Labute approximate surface area is 134 Å². The van der Waals surface area contributed by atoms with E-state index in [2.05, 4.69) is 18.0 Å². The van der Waals surface area contributed by atoms with E-state index in [9.17, 15) is 4.79 Å². The number of rotatable bonds is 3. The van der Waals surface area contributed by atoms with Crippen molar-refractivity contribution in [3.05, 3.63) is 24.3 Å². The molecule has 1 aromatic carbocycles. The van der Waals surface area contributed by atoms with E-state index in [1.54, 1.807) is 11.3 Å². The van der Waals surface area contributed by atoms with Gasteiger partial charge in [-0.15, -0.1) is 0 Å². The number of amides is 1. The average Bonchev–Trinajstić information content (AvgIpc) is 2.98. The molecule has 2 aromatic rings. The first-order valence-electron chi connectivity index (χ1n) is 7.69. The zero-order valence-electron chi connectivity index (χ0n) is 13.0. The Morgan fingerprint density at radius 3 is 3.09 bits per heavy atom. The second kappa shape index (κ2) is 6.52. The summed E-state index contributed by atoms with van der Waals surface area (Å²) in [7, 11) is 2.07. The van der Waals surface area contributed by atoms with Gasteiger partial charge in [-0.3, -0.25) is 0 Å². The molecule has 0 aliphatic carbocycles. The zero-order chi connectivity index (χ0) is 15.5. The Morgan fingerprint density at radius 2 is 2.32 bits per heavy atom. The lowest BCUT2D eigenvalue weighted by atomic mass is 10.1. The number of carbonyl (C=O) groups is 1. The summed E-state index contributed by atoms with van der Waals surface area (Å²) in [4.78, 5) is 20.6. The van der Waals surface area contributed by atoms with Crippen LogP contribution in [0.5, 0.6) is 0 Å². The van der Waals surface area contributed by atoms with Gasteiger partial charge in [-0.1, -0.05) is 23.5 Å². The van der Waals surface area contributed by atoms with Crippen LogP contribution in [0.25, 0.3) is 10.2 Å². The molecule has 3 rings (SSSR count). The Hall–Kier alpha value is -1.82. The molecule has 6 heteroatoms. The lowest BCUT2D eigenvalue weighted by molar-refractivity contribution is 0.0958. The predicted octanol–water partition coefficient (Wildman–Crippen LogP) is 3.35. The molecule has 1 amide bonds. The fourth-order valence-electron chi connectivity index (χ4n) is 2.82. The summed E-state index contributed by atoms with van der Waals surface area (Å²) < 4.78 is 6.32. The number of nitrogens with zero attached hydrogens (tertiary/aromatic N) is 3. The van der Waals surface area contributed by atoms with E-state index < -0.39 is 0 Å². The molecule has 1 aliphatic heterocycles. The van der Waals surface area contributed by atoms with Crippen LogP contribution in [0.3, 0.4) is 0 Å². The van der Waals surface area contributed by atoms with Gasteiger partial charge in [0.15, 0.2) is 5.13 Å². The Balaban J connectivity index is 1.73. The number of aromatic nitrogens is 1. The minimum atomic E-state index is -0.204. The average molecular weight is 319 g/mol. The number of carbonyl (C=O) groups excluding carboxylic acids is 1. The molecule has 1 fully saturated rings. The topological polar surface area (TPSA) is 45.7 Å². The molecule has 22 heavy (non-hydrogen) atoms. The van der Waals surface area contributed by atoms with Crippen LogP contribution in [0, 0.1) is 0 Å². The first-order valence-corrected chi connectivity index (χ1v) is 8.50. The van der Waals surface area contributed by atoms with Crippen LogP contribution in [0.1, 0.15) is 19.8 Å². The van der Waals surface area contributed by atoms with Crippen LogP contribution >= 0.6 is 11.3 Å². The molecule has 1 aromatic heterocycles. The third-order valence-electron chi connectivity index (χ3n) is 4.05. The normalized spacial score (nSPS) is 18.5. The largest absolute Gasteiger partial charge is 0.450 e. The van der Waals surface area contributed by atoms with E-state index in [4.69, 9.17) is 9.72 Å². The number of piperidine rings is 1. The highest BCUT2D eigenvalue weighted by molar-refractivity contribution is 7.22. The number of fused-ring (bicyclic) bond motifs is 1. The van der Waals surface area contributed by atoms with E-state index in [0.717, 1.165) is 30.0 Å². The van der Waals surface area contributed by atoms with Gasteiger partial charge in [-0.2, -0.15) is 0 Å². The van der Waals surface area contributed by atoms with Crippen molar-refractivity contribution in [3.63, 3.8) is 0 Å². The minimum absolute atomic E-state index is 0.204. The molecular weight excluding hydrogens is 298 g/mol. The lowest BCUT2D eigenvalue weighted by Gasteiger charge is -2.36. The number of hydrogen-bond donors (Lipinski definition) is 0. The molecular formula is C16H21N3O2S. The van der Waals surface area contributed by atoms with Gasteiger partial charge in [0, 0.05) is 26.2 Å². The number of likely N-dealkylation sites (N-methyl/N-ethyl adjacent to an activating group) is 1. The highest BCUT2D eigenvalue weighted by Gasteiger charge is 2.28. The van der Waals surface area contributed by atoms with Crippen LogP contribution in [0.2, 0.25) is 0 Å². The Kier molecular flexibility index (Phi) is 4.47. The van der Waals surface area contributed by atoms with Gasteiger partial charge in [0.2, 0.25) is 0 Å². The number of para-hydroxylation sites is 1. The summed E-state index contributed by atoms with van der Waals surface area (Å²) in [6.07, 6.45) is 1.87. The summed E-state index contributed by atoms with van der Waals surface area (Å²) in [5, 5.41) is 1.01. The van der Waals surface area contributed by atoms with E-state index in [-0.39, 0.29) is 6.09 Å². The van der Waals surface area contributed by atoms with Gasteiger partial charge < -0.3 is 14.5 Å². The summed E-state index contributed by atoms with van der Waals surface area (Å²) in [6, 6.07) is 8.46. The molecule has 2 heterocycles. The first kappa shape index (κ1) is 15.1. The number of benzene rings is 1. The highest BCUT2D eigenvalue weighted by Crippen LogP contribution is 2.30. The van der Waals surface area contributed by atoms with Crippen molar-refractivity contribution in [1.82, 2.24) is 9.88 Å². The van der Waals surface area contributed by atoms with E-state index in [1.165, 1.54) is 4.70 Å². The van der Waals surface area contributed by atoms with E-state index in [1.807, 2.05) is 30.0 Å². The van der Waals surface area contributed by atoms with Crippen molar-refractivity contribution in [2.45, 2.75) is 25.8 Å². The summed E-state index contributed by atoms with van der Waals surface area (Å²) >= 11 is 1.70. The molecule has 118 valence electrons. The van der Waals surface area contributed by atoms with Gasteiger partial charge in [0.25, 0.3) is 0 Å². The molecule has 1 saturated heterocycles. The van der Waals surface area contributed by atoms with E-state index in [0.29, 0.717) is 19.2 Å². The Bertz CT molecular complexity index is 625. The maximum atomic E-state index is 11.9. The predicted molar refractivity (Wildman–Crippen MR) is 89.6 cm³/mol. The SMILES string of the molecule is CCOC(=O)N1CCCC(N(C)c2nc3ccccc3s2)C1. The maximum Gasteiger partial charge on any atom is 0.409 e. The second-order valence-corrected chi connectivity index (χ2v) is 6.53. The number of hydrogen-bond acceptors (Lipinski definition) is 5. The maximum absolute atomic E-state index is 11.9. The summed E-state index contributed by atoms with van der Waals surface area (Å²) in [6.45, 7) is 3.74. The van der Waals surface area contributed by atoms with Crippen molar-refractivity contribution >= 4 is 32.8 Å². The minimum Gasteiger partial charge on any atom is -0.450 e.